The zero-order chi connectivity index (χ0) is 53.0. The maximum atomic E-state index is 14.2. The molecule has 1 nitrogen and oxygen atoms in total. The van der Waals surface area contributed by atoms with Crippen LogP contribution in [-0.4, -0.2) is 6.15 Å². The third kappa shape index (κ3) is 12.9. The zero-order valence-electron chi connectivity index (χ0n) is 33.6. The highest BCUT2D eigenvalue weighted by Crippen LogP contribution is 2.41. The average Bonchev–Trinajstić information content (AvgIpc) is 3.72. The van der Waals surface area contributed by atoms with Crippen LogP contribution in [0.1, 0.15) is 50.1 Å². The zero-order valence-corrected chi connectivity index (χ0v) is 35.3. The molecule has 0 saturated heterocycles. The van der Waals surface area contributed by atoms with Crippen molar-refractivity contribution in [1.82, 2.24) is 0 Å². The first-order chi connectivity index (χ1) is 31.6. The van der Waals surface area contributed by atoms with Gasteiger partial charge in [-0.25, -0.2) is 0 Å². The summed E-state index contributed by atoms with van der Waals surface area (Å²) >= 11 is 5.95. The molecule has 0 saturated carbocycles. The lowest BCUT2D eigenvalue weighted by Crippen LogP contribution is -2.75. The van der Waals surface area contributed by atoms with E-state index in [4.69, 9.17) is 0 Å². The van der Waals surface area contributed by atoms with E-state index in [1.807, 2.05) is 12.1 Å². The van der Waals surface area contributed by atoms with Crippen molar-refractivity contribution in [3.63, 3.8) is 0 Å². The Kier molecular flexibility index (Phi) is 15.0. The first kappa shape index (κ1) is 55.4. The van der Waals surface area contributed by atoms with Gasteiger partial charge in [0.05, 0.1) is 49.9 Å². The van der Waals surface area contributed by atoms with Gasteiger partial charge in [0, 0.05) is 10.5 Å². The largest absolute Gasteiger partial charge is 0.416 e. The minimum atomic E-state index is -6.13. The smallest absolute Gasteiger partial charge is 0.194 e. The van der Waals surface area contributed by atoms with Gasteiger partial charge in [0.1, 0.15) is 6.15 Å². The van der Waals surface area contributed by atoms with E-state index in [2.05, 4.69) is 46.4 Å². The highest BCUT2D eigenvalue weighted by molar-refractivity contribution is 7.80. The summed E-state index contributed by atoms with van der Waals surface area (Å²) in [6, 6.07) is -0.564. The van der Waals surface area contributed by atoms with E-state index in [-0.39, 0.29) is 0 Å². The van der Waals surface area contributed by atoms with Crippen molar-refractivity contribution in [2.75, 3.05) is 0 Å². The van der Waals surface area contributed by atoms with Crippen LogP contribution in [0.3, 0.4) is 0 Å². The van der Waals surface area contributed by atoms with Gasteiger partial charge in [0.15, 0.2) is 12.7 Å². The second-order valence-corrected chi connectivity index (χ2v) is 16.4. The number of rotatable bonds is 6. The molecule has 0 aliphatic carbocycles. The Morgan fingerprint density at radius 3 is 0.771 bits per heavy atom. The molecule has 5 aromatic carbocycles. The lowest BCUT2D eigenvalue weighted by molar-refractivity contribution is -0.683. The van der Waals surface area contributed by atoms with Crippen molar-refractivity contribution in [1.29, 1.82) is 0 Å². The Hall–Kier alpha value is -5.54. The minimum absolute atomic E-state index is 0.691. The van der Waals surface area contributed by atoms with Crippen molar-refractivity contribution in [3.05, 3.63) is 164 Å². The fourth-order valence-electron chi connectivity index (χ4n) is 7.23. The number of alkyl halides is 24. The van der Waals surface area contributed by atoms with Crippen molar-refractivity contribution < 1.29 is 110 Å². The molecule has 6 rings (SSSR count). The Balaban J connectivity index is 0.000000600. The molecule has 0 bridgehead atoms. The molecular weight excluding hydrogens is 1050 g/mol. The fourth-order valence-corrected chi connectivity index (χ4v) is 7.98. The molecule has 378 valence electrons. The normalized spacial score (nSPS) is 13.6. The van der Waals surface area contributed by atoms with Crippen LogP contribution < -0.4 is 26.4 Å². The SMILES string of the molecule is FC(F)(F)c1cc([B-](c2cc(C(F)(F)F)cc(C(F)(F)F)c2)(c2cc(C(F)(F)F)cc(C(F)(F)F)c2)c2cc(C(F)(F)F)cc(C(F)(F)F)c2)cc(C(F)(F)F)c1.Sc1ccc(C[n+]2ccsc2)cc1. The molecular formula is C42H22BF24NS2. The van der Waals surface area contributed by atoms with E-state index in [0.717, 1.165) is 11.4 Å². The van der Waals surface area contributed by atoms with Gasteiger partial charge in [0.25, 0.3) is 0 Å². The number of thiol groups is 1. The van der Waals surface area contributed by atoms with Gasteiger partial charge in [-0.3, -0.25) is 0 Å². The van der Waals surface area contributed by atoms with Crippen LogP contribution in [-0.2, 0) is 56.0 Å². The standard InChI is InChI=1S/C32H12BF24.C10H9NS2/c34-25(35,36)13-1-14(26(37,38)39)6-21(5-13)33(22-7-15(27(40,41)42)2-16(8-22)28(43,44)45,23-9-17(29(46,47)48)3-18(10-23)30(49,50)51)24-11-19(31(52,53)54)4-20(12-24)32(55,56)57;12-10-3-1-9(2-4-10)7-11-5-6-13-8-11/h1-12H;1-6,8H,7H2/q-1;/p+1. The molecule has 0 N–H and O–H groups in total. The van der Waals surface area contributed by atoms with Crippen LogP contribution in [0.4, 0.5) is 105 Å². The number of nitrogens with zero attached hydrogens (tertiary/aromatic N) is 1. The molecule has 0 atom stereocenters. The first-order valence-electron chi connectivity index (χ1n) is 18.7. The van der Waals surface area contributed by atoms with Crippen LogP contribution in [0, 0.1) is 0 Å². The maximum Gasteiger partial charge on any atom is 0.416 e. The summed E-state index contributed by atoms with van der Waals surface area (Å²) in [5.74, 6) is 0. The molecule has 0 radical (unpaired) electrons. The van der Waals surface area contributed by atoms with Gasteiger partial charge in [-0.2, -0.15) is 132 Å². The van der Waals surface area contributed by atoms with E-state index in [0.29, 0.717) is 0 Å². The third-order valence-corrected chi connectivity index (χ3v) is 11.2. The number of benzene rings is 5. The Bertz CT molecular complexity index is 2360. The molecule has 6 aromatic rings. The van der Waals surface area contributed by atoms with Crippen molar-refractivity contribution in [3.8, 4) is 0 Å². The first-order valence-corrected chi connectivity index (χ1v) is 20.0. The minimum Gasteiger partial charge on any atom is -0.194 e. The second-order valence-electron chi connectivity index (χ2n) is 15.1. The maximum absolute atomic E-state index is 14.2. The van der Waals surface area contributed by atoms with E-state index in [1.165, 1.54) is 5.56 Å². The van der Waals surface area contributed by atoms with E-state index >= 15 is 0 Å². The topological polar surface area (TPSA) is 3.88 Å². The van der Waals surface area contributed by atoms with E-state index in [1.54, 1.807) is 11.3 Å². The lowest BCUT2D eigenvalue weighted by atomic mass is 9.12. The Morgan fingerprint density at radius 1 is 0.357 bits per heavy atom. The molecule has 0 aliphatic heterocycles. The molecule has 0 fully saturated rings. The van der Waals surface area contributed by atoms with Crippen LogP contribution in [0.2, 0.25) is 0 Å². The lowest BCUT2D eigenvalue weighted by Gasteiger charge is -2.46. The predicted molar refractivity (Wildman–Crippen MR) is 207 cm³/mol. The molecule has 70 heavy (non-hydrogen) atoms. The van der Waals surface area contributed by atoms with E-state index in [9.17, 15) is 105 Å². The molecule has 28 heteroatoms. The predicted octanol–water partition coefficient (Wildman–Crippen LogP) is 13.6. The fraction of sp³-hybridized carbons (Fsp3) is 0.214. The number of thiazole rings is 1. The van der Waals surface area contributed by atoms with Crippen LogP contribution in [0.25, 0.3) is 0 Å². The van der Waals surface area contributed by atoms with Crippen molar-refractivity contribution >= 4 is 52.0 Å². The second kappa shape index (κ2) is 18.9. The Morgan fingerprint density at radius 2 is 0.586 bits per heavy atom. The number of halogens is 24. The van der Waals surface area contributed by atoms with Crippen molar-refractivity contribution in [2.24, 2.45) is 0 Å². The van der Waals surface area contributed by atoms with Crippen LogP contribution in [0.5, 0.6) is 0 Å². The summed E-state index contributed by atoms with van der Waals surface area (Å²) in [4.78, 5) is 1.01. The Labute approximate surface area is 386 Å². The quantitative estimate of drug-likeness (QED) is 0.0733. The summed E-state index contributed by atoms with van der Waals surface area (Å²) in [6.45, 7) is 0.942. The van der Waals surface area contributed by atoms with Gasteiger partial charge >= 0.3 is 49.4 Å². The van der Waals surface area contributed by atoms with E-state index < -0.39 is 195 Å². The van der Waals surface area contributed by atoms with Crippen molar-refractivity contribution in [2.45, 2.75) is 60.9 Å². The molecule has 1 heterocycles. The molecule has 0 unspecified atom stereocenters. The highest BCUT2D eigenvalue weighted by atomic mass is 32.1. The molecule has 0 spiro atoms. The summed E-state index contributed by atoms with van der Waals surface area (Å²) in [5.41, 5.74) is -26.8. The summed E-state index contributed by atoms with van der Waals surface area (Å²) in [5, 5.41) is 2.08. The molecule has 0 aliphatic rings. The third-order valence-electron chi connectivity index (χ3n) is 10.3. The molecule has 1 aromatic heterocycles. The van der Waals surface area contributed by atoms with Gasteiger partial charge in [-0.15, -0.1) is 12.6 Å². The summed E-state index contributed by atoms with van der Waals surface area (Å²) in [6.07, 6.45) is -52.7. The van der Waals surface area contributed by atoms with Crippen LogP contribution >= 0.6 is 24.0 Å². The number of aromatic nitrogens is 1. The average molecular weight is 1070 g/mol. The van der Waals surface area contributed by atoms with Gasteiger partial charge < -0.3 is 0 Å². The number of hydrogen-bond donors (Lipinski definition) is 1. The monoisotopic (exact) mass is 1070 g/mol. The van der Waals surface area contributed by atoms with Crippen LogP contribution in [0.15, 0.2) is 119 Å². The summed E-state index contributed by atoms with van der Waals surface area (Å²) < 4.78 is 343. The van der Waals surface area contributed by atoms with Gasteiger partial charge in [-0.05, 0) is 36.4 Å². The van der Waals surface area contributed by atoms with Gasteiger partial charge in [-0.1, -0.05) is 72.0 Å². The summed E-state index contributed by atoms with van der Waals surface area (Å²) in [7, 11) is 0. The molecule has 0 amide bonds. The highest BCUT2D eigenvalue weighted by Gasteiger charge is 2.47. The number of hydrogen-bond acceptors (Lipinski definition) is 2. The van der Waals surface area contributed by atoms with Gasteiger partial charge in [0.2, 0.25) is 5.51 Å².